The summed E-state index contributed by atoms with van der Waals surface area (Å²) in [5, 5.41) is 1.01. The molecule has 8 heteroatoms. The Morgan fingerprint density at radius 3 is 2.40 bits per heavy atom. The molecule has 0 aliphatic heterocycles. The lowest BCUT2D eigenvalue weighted by Gasteiger charge is -2.06. The molecule has 0 amide bonds. The molecule has 4 nitrogen and oxygen atoms in total. The first-order valence-electron chi connectivity index (χ1n) is 5.54. The van der Waals surface area contributed by atoms with Crippen LogP contribution >= 0.6 is 50.7 Å². The molecule has 0 saturated heterocycles. The van der Waals surface area contributed by atoms with Crippen LogP contribution in [0.1, 0.15) is 5.56 Å². The van der Waals surface area contributed by atoms with E-state index in [4.69, 9.17) is 34.8 Å². The largest absolute Gasteiger partial charge is 0.299 e. The highest BCUT2D eigenvalue weighted by atomic mass is 79.9. The van der Waals surface area contributed by atoms with Gasteiger partial charge in [0.2, 0.25) is 5.28 Å². The molecule has 1 aromatic carbocycles. The van der Waals surface area contributed by atoms with Gasteiger partial charge in [-0.15, -0.1) is 0 Å². The van der Waals surface area contributed by atoms with Crippen LogP contribution in [-0.4, -0.2) is 19.5 Å². The van der Waals surface area contributed by atoms with Crippen molar-refractivity contribution in [2.45, 2.75) is 6.54 Å². The van der Waals surface area contributed by atoms with Crippen molar-refractivity contribution in [3.8, 4) is 0 Å². The van der Waals surface area contributed by atoms with Crippen LogP contribution in [0.25, 0.3) is 11.2 Å². The lowest BCUT2D eigenvalue weighted by atomic mass is 10.2. The van der Waals surface area contributed by atoms with Gasteiger partial charge in [0.15, 0.2) is 15.5 Å². The Morgan fingerprint density at radius 1 is 1.00 bits per heavy atom. The fourth-order valence-corrected chi connectivity index (χ4v) is 2.84. The molecule has 0 atom stereocenters. The number of benzene rings is 1. The summed E-state index contributed by atoms with van der Waals surface area (Å²) in [5.74, 6) is 0. The van der Waals surface area contributed by atoms with Gasteiger partial charge in [0, 0.05) is 5.02 Å². The molecule has 3 aromatic rings. The third kappa shape index (κ3) is 2.63. The van der Waals surface area contributed by atoms with Gasteiger partial charge in [-0.05, 0) is 45.2 Å². The van der Waals surface area contributed by atoms with E-state index in [1.54, 1.807) is 0 Å². The van der Waals surface area contributed by atoms with Crippen LogP contribution in [0.5, 0.6) is 0 Å². The van der Waals surface area contributed by atoms with Crippen molar-refractivity contribution in [2.75, 3.05) is 0 Å². The molecule has 0 radical (unpaired) electrons. The molecule has 102 valence electrons. The molecule has 0 saturated carbocycles. The zero-order valence-corrected chi connectivity index (χ0v) is 13.7. The highest BCUT2D eigenvalue weighted by molar-refractivity contribution is 9.10. The van der Waals surface area contributed by atoms with E-state index in [-0.39, 0.29) is 10.4 Å². The summed E-state index contributed by atoms with van der Waals surface area (Å²) in [5.41, 5.74) is 2.15. The van der Waals surface area contributed by atoms with Crippen molar-refractivity contribution >= 4 is 61.9 Å². The monoisotopic (exact) mass is 390 g/mol. The van der Waals surface area contributed by atoms with Gasteiger partial charge in [-0.1, -0.05) is 35.3 Å². The Labute approximate surface area is 137 Å². The highest BCUT2D eigenvalue weighted by Gasteiger charge is 2.15. The normalized spacial score (nSPS) is 11.2. The first-order chi connectivity index (χ1) is 9.54. The van der Waals surface area contributed by atoms with E-state index in [0.29, 0.717) is 27.5 Å². The minimum atomic E-state index is 0.0901. The van der Waals surface area contributed by atoms with Gasteiger partial charge in [0.1, 0.15) is 5.52 Å². The zero-order valence-electron chi connectivity index (χ0n) is 9.82. The molecule has 0 aliphatic carbocycles. The predicted octanol–water partition coefficient (Wildman–Crippen LogP) is 4.60. The van der Waals surface area contributed by atoms with Gasteiger partial charge in [0.05, 0.1) is 6.54 Å². The van der Waals surface area contributed by atoms with Crippen molar-refractivity contribution in [2.24, 2.45) is 0 Å². The number of fused-ring (bicyclic) bond motifs is 1. The average molecular weight is 392 g/mol. The van der Waals surface area contributed by atoms with E-state index in [1.807, 2.05) is 28.8 Å². The maximum atomic E-state index is 6.02. The molecule has 0 spiro atoms. The molecule has 0 aliphatic rings. The molecule has 0 N–H and O–H groups in total. The van der Waals surface area contributed by atoms with Gasteiger partial charge < -0.3 is 0 Å². The van der Waals surface area contributed by atoms with Gasteiger partial charge in [-0.25, -0.2) is 9.97 Å². The molecule has 2 heterocycles. The Kier molecular flexibility index (Phi) is 3.86. The van der Waals surface area contributed by atoms with Crippen molar-refractivity contribution in [1.29, 1.82) is 0 Å². The van der Waals surface area contributed by atoms with Crippen LogP contribution in [0.3, 0.4) is 0 Å². The summed E-state index contributed by atoms with van der Waals surface area (Å²) in [6, 6.07) is 7.54. The standard InChI is InChI=1S/C12H6BrCl3N4/c13-11-17-8-9(15)18-12(16)19-10(8)20(11)5-6-1-3-7(14)4-2-6/h1-4H,5H2. The van der Waals surface area contributed by atoms with Gasteiger partial charge in [-0.2, -0.15) is 4.98 Å². The summed E-state index contributed by atoms with van der Waals surface area (Å²) in [4.78, 5) is 12.4. The van der Waals surface area contributed by atoms with E-state index in [1.165, 1.54) is 0 Å². The summed E-state index contributed by atoms with van der Waals surface area (Å²) in [7, 11) is 0. The van der Waals surface area contributed by atoms with Crippen LogP contribution in [0, 0.1) is 0 Å². The van der Waals surface area contributed by atoms with Crippen LogP contribution in [0.4, 0.5) is 0 Å². The van der Waals surface area contributed by atoms with Crippen LogP contribution in [-0.2, 0) is 6.54 Å². The topological polar surface area (TPSA) is 43.6 Å². The Bertz CT molecular complexity index is 785. The summed E-state index contributed by atoms with van der Waals surface area (Å²) < 4.78 is 2.47. The number of aromatic nitrogens is 4. The van der Waals surface area contributed by atoms with Crippen molar-refractivity contribution in [3.63, 3.8) is 0 Å². The number of hydrogen-bond donors (Lipinski definition) is 0. The quantitative estimate of drug-likeness (QED) is 0.364. The van der Waals surface area contributed by atoms with Crippen LogP contribution in [0.2, 0.25) is 15.5 Å². The maximum Gasteiger partial charge on any atom is 0.225 e. The highest BCUT2D eigenvalue weighted by Crippen LogP contribution is 2.26. The second-order valence-electron chi connectivity index (χ2n) is 4.05. The molecule has 2 aromatic heterocycles. The first-order valence-corrected chi connectivity index (χ1v) is 7.46. The average Bonchev–Trinajstić information content (AvgIpc) is 2.70. The predicted molar refractivity (Wildman–Crippen MR) is 83.6 cm³/mol. The fraction of sp³-hybridized carbons (Fsp3) is 0.0833. The molecule has 0 bridgehead atoms. The lowest BCUT2D eigenvalue weighted by Crippen LogP contribution is -2.01. The number of rotatable bonds is 2. The third-order valence-electron chi connectivity index (χ3n) is 2.73. The van der Waals surface area contributed by atoms with Crippen LogP contribution in [0.15, 0.2) is 29.0 Å². The lowest BCUT2D eigenvalue weighted by molar-refractivity contribution is 0.790. The number of halogens is 4. The van der Waals surface area contributed by atoms with E-state index in [0.717, 1.165) is 5.56 Å². The third-order valence-corrected chi connectivity index (χ3v) is 4.02. The fourth-order valence-electron chi connectivity index (χ4n) is 1.83. The summed E-state index contributed by atoms with van der Waals surface area (Å²) in [6.07, 6.45) is 0. The minimum absolute atomic E-state index is 0.0901. The molecule has 0 fully saturated rings. The van der Waals surface area contributed by atoms with Gasteiger partial charge >= 0.3 is 0 Å². The second-order valence-corrected chi connectivity index (χ2v) is 5.89. The Hall–Kier alpha value is -0.880. The van der Waals surface area contributed by atoms with E-state index < -0.39 is 0 Å². The Balaban J connectivity index is 2.11. The maximum absolute atomic E-state index is 6.02. The molecular formula is C12H6BrCl3N4. The Morgan fingerprint density at radius 2 is 1.70 bits per heavy atom. The van der Waals surface area contributed by atoms with Crippen LogP contribution < -0.4 is 0 Å². The number of imidazole rings is 1. The molecular weight excluding hydrogens is 386 g/mol. The molecule has 20 heavy (non-hydrogen) atoms. The first kappa shape index (κ1) is 14.1. The van der Waals surface area contributed by atoms with Gasteiger partial charge in [-0.3, -0.25) is 4.57 Å². The summed E-state index contributed by atoms with van der Waals surface area (Å²) >= 11 is 21.1. The second kappa shape index (κ2) is 5.48. The van der Waals surface area contributed by atoms with E-state index >= 15 is 0 Å². The van der Waals surface area contributed by atoms with E-state index in [9.17, 15) is 0 Å². The van der Waals surface area contributed by atoms with Crippen molar-refractivity contribution in [3.05, 3.63) is 50.0 Å². The minimum Gasteiger partial charge on any atom is -0.299 e. The number of nitrogens with zero attached hydrogens (tertiary/aromatic N) is 4. The zero-order chi connectivity index (χ0) is 14.3. The van der Waals surface area contributed by atoms with Crippen molar-refractivity contribution in [1.82, 2.24) is 19.5 Å². The van der Waals surface area contributed by atoms with E-state index in [2.05, 4.69) is 30.9 Å². The molecule has 3 rings (SSSR count). The summed E-state index contributed by atoms with van der Waals surface area (Å²) in [6.45, 7) is 0.567. The molecule has 0 unspecified atom stereocenters. The van der Waals surface area contributed by atoms with Gasteiger partial charge in [0.25, 0.3) is 0 Å². The van der Waals surface area contributed by atoms with Crippen molar-refractivity contribution < 1.29 is 0 Å². The number of hydrogen-bond acceptors (Lipinski definition) is 3. The SMILES string of the molecule is Clc1ccc(Cn2c(Br)nc3c(Cl)nc(Cl)nc32)cc1. The smallest absolute Gasteiger partial charge is 0.225 e.